The highest BCUT2D eigenvalue weighted by molar-refractivity contribution is 6.30. The van der Waals surface area contributed by atoms with E-state index in [1.165, 1.54) is 13.1 Å². The van der Waals surface area contributed by atoms with Crippen molar-refractivity contribution in [2.45, 2.75) is 38.6 Å². The first kappa shape index (κ1) is 31.0. The second-order valence-corrected chi connectivity index (χ2v) is 9.17. The fraction of sp³-hybridized carbons (Fsp3) is 0.321. The number of amides is 1. The zero-order valence-electron chi connectivity index (χ0n) is 21.6. The van der Waals surface area contributed by atoms with Crippen LogP contribution in [0.5, 0.6) is 5.75 Å². The van der Waals surface area contributed by atoms with Gasteiger partial charge in [-0.1, -0.05) is 49.7 Å². The van der Waals surface area contributed by atoms with Crippen LogP contribution in [-0.2, 0) is 12.7 Å². The molecule has 0 aliphatic rings. The van der Waals surface area contributed by atoms with Gasteiger partial charge in [0.2, 0.25) is 0 Å². The number of hydrogen-bond acceptors (Lipinski definition) is 4. The summed E-state index contributed by atoms with van der Waals surface area (Å²) >= 11 is 5.88. The molecule has 1 amide bonds. The van der Waals surface area contributed by atoms with Crippen molar-refractivity contribution in [1.29, 1.82) is 0 Å². The van der Waals surface area contributed by atoms with Crippen molar-refractivity contribution in [2.75, 3.05) is 20.7 Å². The lowest BCUT2D eigenvalue weighted by Crippen LogP contribution is -2.21. The third-order valence-corrected chi connectivity index (χ3v) is 5.99. The summed E-state index contributed by atoms with van der Waals surface area (Å²) in [6.07, 6.45) is -6.28. The van der Waals surface area contributed by atoms with Crippen LogP contribution in [0.3, 0.4) is 0 Å². The molecule has 0 spiro atoms. The molecule has 0 saturated carbocycles. The minimum atomic E-state index is -4.46. The van der Waals surface area contributed by atoms with E-state index in [2.05, 4.69) is 19.2 Å². The molecule has 0 heterocycles. The number of hydrogen-bond donors (Lipinski definition) is 4. The molecule has 4 N–H and O–H groups in total. The number of aliphatic hydroxyl groups is 1. The van der Waals surface area contributed by atoms with E-state index in [-0.39, 0.29) is 19.0 Å². The second-order valence-electron chi connectivity index (χ2n) is 8.74. The Bertz CT molecular complexity index is 1200. The van der Waals surface area contributed by atoms with Crippen molar-refractivity contribution in [2.24, 2.45) is 0 Å². The molecule has 6 nitrogen and oxygen atoms in total. The van der Waals surface area contributed by atoms with E-state index in [4.69, 9.17) is 21.4 Å². The Morgan fingerprint density at radius 2 is 1.61 bits per heavy atom. The van der Waals surface area contributed by atoms with Crippen LogP contribution in [0.2, 0.25) is 5.02 Å². The third-order valence-electron chi connectivity index (χ3n) is 5.73. The standard InChI is InChI=1S/C26H27ClF3NO2.C2H5NO2/c1-16(2)18-6-11-25(33-3)23(13-18)22-10-7-20(26(28,29)30)12-19(22)14-31-15-24(32)17-4-8-21(27)9-5-17;1-3-2(4)5/h4-13,16,24,31-32H,14-15H2,1-3H3;3H,1H3,(H,4,5). The van der Waals surface area contributed by atoms with Gasteiger partial charge in [-0.25, -0.2) is 4.79 Å². The summed E-state index contributed by atoms with van der Waals surface area (Å²) in [5.74, 6) is 0.835. The maximum Gasteiger partial charge on any atom is 0.416 e. The molecule has 3 aromatic carbocycles. The quantitative estimate of drug-likeness (QED) is 0.245. The van der Waals surface area contributed by atoms with Gasteiger partial charge in [-0.05, 0) is 64.6 Å². The number of nitrogens with one attached hydrogen (secondary N) is 2. The molecular formula is C28H32ClF3N2O4. The molecule has 10 heteroatoms. The van der Waals surface area contributed by atoms with Gasteiger partial charge >= 0.3 is 12.3 Å². The molecule has 0 bridgehead atoms. The fourth-order valence-electron chi connectivity index (χ4n) is 3.62. The zero-order chi connectivity index (χ0) is 28.5. The highest BCUT2D eigenvalue weighted by atomic mass is 35.5. The van der Waals surface area contributed by atoms with Crippen LogP contribution in [-0.4, -0.2) is 37.0 Å². The van der Waals surface area contributed by atoms with Crippen molar-refractivity contribution in [3.05, 3.63) is 87.9 Å². The van der Waals surface area contributed by atoms with E-state index in [1.54, 1.807) is 31.4 Å². The van der Waals surface area contributed by atoms with Crippen LogP contribution in [0.25, 0.3) is 11.1 Å². The lowest BCUT2D eigenvalue weighted by molar-refractivity contribution is -0.137. The Morgan fingerprint density at radius 1 is 1.00 bits per heavy atom. The van der Waals surface area contributed by atoms with Crippen molar-refractivity contribution in [1.82, 2.24) is 10.6 Å². The van der Waals surface area contributed by atoms with Crippen LogP contribution >= 0.6 is 11.6 Å². The number of carboxylic acid groups (broad SMARTS) is 1. The van der Waals surface area contributed by atoms with Crippen LogP contribution in [0.4, 0.5) is 18.0 Å². The SMILES string of the molecule is CNC(=O)O.COc1ccc(C(C)C)cc1-c1ccc(C(F)(F)F)cc1CNCC(O)c1ccc(Cl)cc1. The van der Waals surface area contributed by atoms with Gasteiger partial charge in [-0.15, -0.1) is 0 Å². The Labute approximate surface area is 225 Å². The number of ether oxygens (including phenoxy) is 1. The van der Waals surface area contributed by atoms with E-state index in [1.807, 2.05) is 23.5 Å². The monoisotopic (exact) mass is 552 g/mol. The molecular weight excluding hydrogens is 521 g/mol. The maximum atomic E-state index is 13.4. The summed E-state index contributed by atoms with van der Waals surface area (Å²) in [4.78, 5) is 9.26. The topological polar surface area (TPSA) is 90.8 Å². The smallest absolute Gasteiger partial charge is 0.416 e. The molecule has 0 fully saturated rings. The first-order valence-electron chi connectivity index (χ1n) is 11.8. The molecule has 1 atom stereocenters. The fourth-order valence-corrected chi connectivity index (χ4v) is 3.75. The van der Waals surface area contributed by atoms with Crippen molar-refractivity contribution in [3.63, 3.8) is 0 Å². The number of benzene rings is 3. The van der Waals surface area contributed by atoms with Gasteiger partial charge in [0.15, 0.2) is 0 Å². The first-order valence-corrected chi connectivity index (χ1v) is 12.2. The minimum Gasteiger partial charge on any atom is -0.496 e. The van der Waals surface area contributed by atoms with E-state index in [0.29, 0.717) is 27.5 Å². The van der Waals surface area contributed by atoms with Crippen LogP contribution in [0, 0.1) is 0 Å². The second kappa shape index (κ2) is 14.0. The van der Waals surface area contributed by atoms with Gasteiger partial charge in [0.25, 0.3) is 0 Å². The number of alkyl halides is 3. The van der Waals surface area contributed by atoms with Gasteiger partial charge in [0.05, 0.1) is 18.8 Å². The molecule has 206 valence electrons. The van der Waals surface area contributed by atoms with Gasteiger partial charge in [-0.3, -0.25) is 0 Å². The minimum absolute atomic E-state index is 0.138. The summed E-state index contributed by atoms with van der Waals surface area (Å²) < 4.78 is 45.8. The van der Waals surface area contributed by atoms with E-state index in [0.717, 1.165) is 23.3 Å². The molecule has 0 aliphatic carbocycles. The summed E-state index contributed by atoms with van der Waals surface area (Å²) in [5, 5.41) is 23.6. The van der Waals surface area contributed by atoms with E-state index in [9.17, 15) is 23.1 Å². The number of halogens is 4. The van der Waals surface area contributed by atoms with Gasteiger partial charge in [0, 0.05) is 30.7 Å². The molecule has 1 unspecified atom stereocenters. The molecule has 0 aliphatic heterocycles. The third kappa shape index (κ3) is 8.93. The molecule has 0 radical (unpaired) electrons. The van der Waals surface area contributed by atoms with Crippen LogP contribution < -0.4 is 15.4 Å². The number of methoxy groups -OCH3 is 1. The molecule has 3 rings (SSSR count). The predicted octanol–water partition coefficient (Wildman–Crippen LogP) is 6.86. The Kier molecular flexibility index (Phi) is 11.4. The van der Waals surface area contributed by atoms with E-state index < -0.39 is 23.9 Å². The van der Waals surface area contributed by atoms with Crippen LogP contribution in [0.15, 0.2) is 60.7 Å². The summed E-state index contributed by atoms with van der Waals surface area (Å²) in [5.41, 5.74) is 2.85. The maximum absolute atomic E-state index is 13.4. The van der Waals surface area contributed by atoms with Crippen LogP contribution in [0.1, 0.15) is 48.1 Å². The lowest BCUT2D eigenvalue weighted by atomic mass is 9.92. The highest BCUT2D eigenvalue weighted by Crippen LogP contribution is 2.38. The Hall–Kier alpha value is -3.27. The van der Waals surface area contributed by atoms with Crippen molar-refractivity contribution >= 4 is 17.7 Å². The average molecular weight is 553 g/mol. The highest BCUT2D eigenvalue weighted by Gasteiger charge is 2.31. The summed E-state index contributed by atoms with van der Waals surface area (Å²) in [6, 6.07) is 16.3. The summed E-state index contributed by atoms with van der Waals surface area (Å²) in [6.45, 7) is 4.41. The van der Waals surface area contributed by atoms with Gasteiger partial charge in [0.1, 0.15) is 5.75 Å². The number of rotatable bonds is 8. The van der Waals surface area contributed by atoms with E-state index >= 15 is 0 Å². The van der Waals surface area contributed by atoms with Gasteiger partial charge in [-0.2, -0.15) is 13.2 Å². The molecule has 3 aromatic rings. The Balaban J connectivity index is 0.000000926. The molecule has 0 aromatic heterocycles. The molecule has 38 heavy (non-hydrogen) atoms. The zero-order valence-corrected chi connectivity index (χ0v) is 22.3. The average Bonchev–Trinajstić information content (AvgIpc) is 2.88. The number of aliphatic hydroxyl groups excluding tert-OH is 1. The summed E-state index contributed by atoms with van der Waals surface area (Å²) in [7, 11) is 2.89. The lowest BCUT2D eigenvalue weighted by Gasteiger charge is -2.19. The largest absolute Gasteiger partial charge is 0.496 e. The molecule has 0 saturated heterocycles. The predicted molar refractivity (Wildman–Crippen MR) is 143 cm³/mol. The van der Waals surface area contributed by atoms with Gasteiger partial charge < -0.3 is 25.6 Å². The van der Waals surface area contributed by atoms with Crippen molar-refractivity contribution < 1.29 is 32.9 Å². The Morgan fingerprint density at radius 3 is 2.13 bits per heavy atom. The normalized spacial score (nSPS) is 11.9. The van der Waals surface area contributed by atoms with Crippen molar-refractivity contribution in [3.8, 4) is 16.9 Å². The first-order chi connectivity index (χ1) is 17.9. The number of carbonyl (C=O) groups is 1.